The van der Waals surface area contributed by atoms with Crippen LogP contribution in [0.25, 0.3) is 0 Å². The number of nitrogens with one attached hydrogen (secondary N) is 1. The minimum Gasteiger partial charge on any atom is -0.462 e. The molecule has 5 nitrogen and oxygen atoms in total. The molecular formula is C25H26ClN3O2. The SMILES string of the molecule is CCOC(=O)c1ccn(C(C)C)c1C(Nc1cc(Cl)ccc1C)c1ccc(C#N)cc1. The van der Waals surface area contributed by atoms with Crippen LogP contribution >= 0.6 is 11.6 Å². The number of carbonyl (C=O) groups excluding carboxylic acids is 1. The molecule has 1 atom stereocenters. The molecule has 0 spiro atoms. The topological polar surface area (TPSA) is 67.0 Å². The Bertz CT molecular complexity index is 1110. The van der Waals surface area contributed by atoms with Crippen molar-refractivity contribution in [2.75, 3.05) is 11.9 Å². The van der Waals surface area contributed by atoms with E-state index in [9.17, 15) is 10.1 Å². The van der Waals surface area contributed by atoms with Gasteiger partial charge in [0.1, 0.15) is 0 Å². The third-order valence-corrected chi connectivity index (χ3v) is 5.39. The summed E-state index contributed by atoms with van der Waals surface area (Å²) in [6.45, 7) is 8.23. The highest BCUT2D eigenvalue weighted by Gasteiger charge is 2.27. The van der Waals surface area contributed by atoms with Crippen molar-refractivity contribution in [2.45, 2.75) is 39.8 Å². The zero-order valence-electron chi connectivity index (χ0n) is 18.1. The van der Waals surface area contributed by atoms with Gasteiger partial charge in [0.2, 0.25) is 0 Å². The molecule has 2 aromatic carbocycles. The van der Waals surface area contributed by atoms with Crippen LogP contribution in [0.4, 0.5) is 5.69 Å². The van der Waals surface area contributed by atoms with E-state index < -0.39 is 0 Å². The maximum atomic E-state index is 12.8. The van der Waals surface area contributed by atoms with Gasteiger partial charge in [-0.15, -0.1) is 0 Å². The van der Waals surface area contributed by atoms with Gasteiger partial charge < -0.3 is 14.6 Å². The Morgan fingerprint density at radius 1 is 1.19 bits per heavy atom. The average molecular weight is 436 g/mol. The van der Waals surface area contributed by atoms with Crippen molar-refractivity contribution in [3.05, 3.63) is 87.7 Å². The first-order chi connectivity index (χ1) is 14.8. The summed E-state index contributed by atoms with van der Waals surface area (Å²) in [5, 5.41) is 13.4. The fraction of sp³-hybridized carbons (Fsp3) is 0.280. The Labute approximate surface area is 188 Å². The molecule has 31 heavy (non-hydrogen) atoms. The Morgan fingerprint density at radius 2 is 1.90 bits per heavy atom. The summed E-state index contributed by atoms with van der Waals surface area (Å²) < 4.78 is 7.40. The molecule has 0 aliphatic heterocycles. The summed E-state index contributed by atoms with van der Waals surface area (Å²) in [6.07, 6.45) is 1.91. The monoisotopic (exact) mass is 435 g/mol. The Balaban J connectivity index is 2.20. The van der Waals surface area contributed by atoms with E-state index in [2.05, 4.69) is 29.8 Å². The standard InChI is InChI=1S/C25H26ClN3O2/c1-5-31-25(30)21-12-13-29(16(2)3)24(21)23(19-9-7-18(15-27)8-10-19)28-22-14-20(26)11-6-17(22)4/h6-14,16,23,28H,5H2,1-4H3. The van der Waals surface area contributed by atoms with Gasteiger partial charge in [-0.1, -0.05) is 29.8 Å². The summed E-state index contributed by atoms with van der Waals surface area (Å²) in [7, 11) is 0. The molecule has 1 unspecified atom stereocenters. The number of carbonyl (C=O) groups is 1. The smallest absolute Gasteiger partial charge is 0.340 e. The van der Waals surface area contributed by atoms with E-state index in [1.165, 1.54) is 0 Å². The van der Waals surface area contributed by atoms with Crippen molar-refractivity contribution >= 4 is 23.3 Å². The number of rotatable bonds is 7. The number of aromatic nitrogens is 1. The van der Waals surface area contributed by atoms with Gasteiger partial charge in [-0.2, -0.15) is 5.26 Å². The first-order valence-corrected chi connectivity index (χ1v) is 10.6. The normalized spacial score (nSPS) is 11.8. The largest absolute Gasteiger partial charge is 0.462 e. The van der Waals surface area contributed by atoms with E-state index in [0.29, 0.717) is 22.8 Å². The zero-order chi connectivity index (χ0) is 22.5. The van der Waals surface area contributed by atoms with Crippen LogP contribution < -0.4 is 5.32 Å². The van der Waals surface area contributed by atoms with Crippen molar-refractivity contribution < 1.29 is 9.53 Å². The number of ether oxygens (including phenoxy) is 1. The highest BCUT2D eigenvalue weighted by Crippen LogP contribution is 2.34. The average Bonchev–Trinajstić information content (AvgIpc) is 3.20. The quantitative estimate of drug-likeness (QED) is 0.443. The van der Waals surface area contributed by atoms with Gasteiger partial charge in [0.05, 0.1) is 35.5 Å². The molecule has 0 saturated heterocycles. The molecule has 1 heterocycles. The second kappa shape index (κ2) is 9.72. The van der Waals surface area contributed by atoms with Crippen LogP contribution in [0.2, 0.25) is 5.02 Å². The molecule has 0 bridgehead atoms. The maximum Gasteiger partial charge on any atom is 0.340 e. The summed E-state index contributed by atoms with van der Waals surface area (Å²) in [6, 6.07) is 16.8. The molecule has 1 N–H and O–H groups in total. The highest BCUT2D eigenvalue weighted by molar-refractivity contribution is 6.30. The van der Waals surface area contributed by atoms with Gasteiger partial charge in [-0.3, -0.25) is 0 Å². The Kier molecular flexibility index (Phi) is 7.04. The third-order valence-electron chi connectivity index (χ3n) is 5.15. The molecule has 0 radical (unpaired) electrons. The molecule has 6 heteroatoms. The van der Waals surface area contributed by atoms with E-state index in [-0.39, 0.29) is 18.1 Å². The fourth-order valence-corrected chi connectivity index (χ4v) is 3.73. The number of aryl methyl sites for hydroxylation is 1. The first kappa shape index (κ1) is 22.5. The van der Waals surface area contributed by atoms with E-state index in [0.717, 1.165) is 22.5 Å². The highest BCUT2D eigenvalue weighted by atomic mass is 35.5. The van der Waals surface area contributed by atoms with Crippen LogP contribution in [0.1, 0.15) is 65.6 Å². The molecule has 3 aromatic rings. The number of halogens is 1. The van der Waals surface area contributed by atoms with E-state index in [1.54, 1.807) is 25.1 Å². The number of hydrogen-bond donors (Lipinski definition) is 1. The molecule has 0 fully saturated rings. The minimum absolute atomic E-state index is 0.126. The summed E-state index contributed by atoms with van der Waals surface area (Å²) in [5.74, 6) is -0.361. The maximum absolute atomic E-state index is 12.8. The molecule has 0 saturated carbocycles. The van der Waals surface area contributed by atoms with Crippen molar-refractivity contribution in [1.29, 1.82) is 5.26 Å². The van der Waals surface area contributed by atoms with Crippen LogP contribution in [-0.2, 0) is 4.74 Å². The molecule has 3 rings (SSSR count). The predicted molar refractivity (Wildman–Crippen MR) is 124 cm³/mol. The van der Waals surface area contributed by atoms with Crippen LogP contribution in [0.5, 0.6) is 0 Å². The number of nitriles is 1. The molecule has 0 aliphatic rings. The predicted octanol–water partition coefficient (Wildman–Crippen LogP) is 6.28. The first-order valence-electron chi connectivity index (χ1n) is 10.3. The summed E-state index contributed by atoms with van der Waals surface area (Å²) in [5.41, 5.74) is 4.71. The van der Waals surface area contributed by atoms with Gasteiger partial charge >= 0.3 is 5.97 Å². The van der Waals surface area contributed by atoms with Gasteiger partial charge in [-0.25, -0.2) is 4.79 Å². The minimum atomic E-state index is -0.361. The van der Waals surface area contributed by atoms with Crippen molar-refractivity contribution in [2.24, 2.45) is 0 Å². The van der Waals surface area contributed by atoms with Gasteiger partial charge in [0.15, 0.2) is 0 Å². The van der Waals surface area contributed by atoms with Gasteiger partial charge in [-0.05, 0) is 69.2 Å². The fourth-order valence-electron chi connectivity index (χ4n) is 3.56. The number of anilines is 1. The van der Waals surface area contributed by atoms with Crippen molar-refractivity contribution in [3.63, 3.8) is 0 Å². The number of nitrogens with zero attached hydrogens (tertiary/aromatic N) is 2. The van der Waals surface area contributed by atoms with E-state index in [4.69, 9.17) is 16.3 Å². The number of esters is 1. The second-order valence-corrected chi connectivity index (χ2v) is 8.04. The number of hydrogen-bond acceptors (Lipinski definition) is 4. The lowest BCUT2D eigenvalue weighted by Gasteiger charge is -2.26. The summed E-state index contributed by atoms with van der Waals surface area (Å²) >= 11 is 6.26. The third kappa shape index (κ3) is 4.92. The Morgan fingerprint density at radius 3 is 2.52 bits per heavy atom. The molecule has 0 amide bonds. The summed E-state index contributed by atoms with van der Waals surface area (Å²) in [4.78, 5) is 12.8. The zero-order valence-corrected chi connectivity index (χ0v) is 18.9. The number of benzene rings is 2. The van der Waals surface area contributed by atoms with Crippen LogP contribution in [-0.4, -0.2) is 17.1 Å². The van der Waals surface area contributed by atoms with Crippen molar-refractivity contribution in [1.82, 2.24) is 4.57 Å². The Hall–Kier alpha value is -3.23. The van der Waals surface area contributed by atoms with Crippen LogP contribution in [0.3, 0.4) is 0 Å². The molecule has 0 aliphatic carbocycles. The lowest BCUT2D eigenvalue weighted by Crippen LogP contribution is -2.21. The van der Waals surface area contributed by atoms with Crippen LogP contribution in [0, 0.1) is 18.3 Å². The molecular weight excluding hydrogens is 410 g/mol. The van der Waals surface area contributed by atoms with E-state index >= 15 is 0 Å². The van der Waals surface area contributed by atoms with E-state index in [1.807, 2.05) is 43.5 Å². The van der Waals surface area contributed by atoms with Gasteiger partial charge in [0, 0.05) is 22.9 Å². The lowest BCUT2D eigenvalue weighted by atomic mass is 9.98. The van der Waals surface area contributed by atoms with Gasteiger partial charge in [0.25, 0.3) is 0 Å². The lowest BCUT2D eigenvalue weighted by molar-refractivity contribution is 0.0524. The van der Waals surface area contributed by atoms with Crippen molar-refractivity contribution in [3.8, 4) is 6.07 Å². The second-order valence-electron chi connectivity index (χ2n) is 7.61. The molecule has 1 aromatic heterocycles. The van der Waals surface area contributed by atoms with Crippen LogP contribution in [0.15, 0.2) is 54.7 Å². The molecule has 160 valence electrons.